The van der Waals surface area contributed by atoms with Crippen LogP contribution in [-0.2, 0) is 9.59 Å². The first-order chi connectivity index (χ1) is 15.6. The number of carbonyl (C=O) groups is 2. The zero-order valence-corrected chi connectivity index (χ0v) is 19.7. The Morgan fingerprint density at radius 3 is 2.25 bits per heavy atom. The van der Waals surface area contributed by atoms with Crippen LogP contribution in [-0.4, -0.2) is 65.8 Å². The molecule has 3 heterocycles. The molecule has 1 saturated carbocycles. The van der Waals surface area contributed by atoms with Crippen molar-refractivity contribution in [1.29, 1.82) is 0 Å². The van der Waals surface area contributed by atoms with E-state index in [0.29, 0.717) is 24.2 Å². The van der Waals surface area contributed by atoms with Crippen molar-refractivity contribution < 1.29 is 9.59 Å². The molecular weight excluding hydrogens is 398 g/mol. The van der Waals surface area contributed by atoms with E-state index in [2.05, 4.69) is 52.1 Å². The van der Waals surface area contributed by atoms with Crippen molar-refractivity contribution in [3.05, 3.63) is 35.9 Å². The van der Waals surface area contributed by atoms with Gasteiger partial charge in [-0.2, -0.15) is 0 Å². The monoisotopic (exact) mass is 437 g/mol. The molecular formula is C27H39N3O2. The van der Waals surface area contributed by atoms with Gasteiger partial charge in [0, 0.05) is 25.6 Å². The lowest BCUT2D eigenvalue weighted by Crippen LogP contribution is -2.67. The van der Waals surface area contributed by atoms with Crippen LogP contribution < -0.4 is 0 Å². The molecule has 3 aliphatic heterocycles. The lowest BCUT2D eigenvalue weighted by molar-refractivity contribution is -0.186. The largest absolute Gasteiger partial charge is 0.343 e. The summed E-state index contributed by atoms with van der Waals surface area (Å²) in [6.07, 6.45) is 10.5. The van der Waals surface area contributed by atoms with Gasteiger partial charge in [-0.3, -0.25) is 9.59 Å². The average Bonchev–Trinajstić information content (AvgIpc) is 2.84. The zero-order chi connectivity index (χ0) is 22.1. The van der Waals surface area contributed by atoms with Crippen molar-refractivity contribution in [2.45, 2.75) is 76.3 Å². The molecule has 1 aromatic carbocycles. The molecule has 1 aliphatic carbocycles. The molecule has 5 heteroatoms. The third-order valence-electron chi connectivity index (χ3n) is 8.84. The summed E-state index contributed by atoms with van der Waals surface area (Å²) in [6.45, 7) is 3.82. The van der Waals surface area contributed by atoms with Gasteiger partial charge in [-0.05, 0) is 70.1 Å². The van der Waals surface area contributed by atoms with E-state index in [4.69, 9.17) is 0 Å². The maximum absolute atomic E-state index is 13.6. The van der Waals surface area contributed by atoms with Crippen molar-refractivity contribution in [3.63, 3.8) is 0 Å². The molecule has 0 radical (unpaired) electrons. The van der Waals surface area contributed by atoms with E-state index in [0.717, 1.165) is 64.7 Å². The van der Waals surface area contributed by atoms with Gasteiger partial charge >= 0.3 is 0 Å². The number of piperidine rings is 2. The summed E-state index contributed by atoms with van der Waals surface area (Å²) in [5.41, 5.74) is 1.13. The highest BCUT2D eigenvalue weighted by atomic mass is 16.2. The van der Waals surface area contributed by atoms with Gasteiger partial charge < -0.3 is 14.7 Å². The van der Waals surface area contributed by atoms with E-state index < -0.39 is 0 Å². The van der Waals surface area contributed by atoms with E-state index in [1.54, 1.807) is 0 Å². The summed E-state index contributed by atoms with van der Waals surface area (Å²) in [7, 11) is 2.17. The molecule has 1 atom stereocenters. The van der Waals surface area contributed by atoms with Gasteiger partial charge in [0.1, 0.15) is 0 Å². The molecule has 3 saturated heterocycles. The van der Waals surface area contributed by atoms with Crippen LogP contribution in [0, 0.1) is 11.3 Å². The van der Waals surface area contributed by atoms with Crippen molar-refractivity contribution >= 4 is 11.8 Å². The topological polar surface area (TPSA) is 43.9 Å². The molecule has 4 aliphatic rings. The van der Waals surface area contributed by atoms with E-state index in [1.807, 2.05) is 0 Å². The lowest BCUT2D eigenvalue weighted by atomic mass is 9.59. The molecule has 0 bridgehead atoms. The highest BCUT2D eigenvalue weighted by Crippen LogP contribution is 2.59. The molecule has 1 spiro atoms. The Bertz CT molecular complexity index is 803. The maximum Gasteiger partial charge on any atom is 0.232 e. The predicted octanol–water partition coefficient (Wildman–Crippen LogP) is 4.24. The summed E-state index contributed by atoms with van der Waals surface area (Å²) in [6, 6.07) is 11.2. The smallest absolute Gasteiger partial charge is 0.232 e. The van der Waals surface area contributed by atoms with E-state index in [-0.39, 0.29) is 17.5 Å². The number of benzene rings is 1. The van der Waals surface area contributed by atoms with Crippen molar-refractivity contribution in [2.24, 2.45) is 11.3 Å². The molecule has 1 unspecified atom stereocenters. The number of hydrogen-bond acceptors (Lipinski definition) is 3. The second kappa shape index (κ2) is 9.17. The van der Waals surface area contributed by atoms with Crippen molar-refractivity contribution in [1.82, 2.24) is 14.7 Å². The third kappa shape index (κ3) is 3.98. The summed E-state index contributed by atoms with van der Waals surface area (Å²) in [4.78, 5) is 33.2. The Labute approximate surface area is 193 Å². The van der Waals surface area contributed by atoms with Crippen LogP contribution in [0.2, 0.25) is 0 Å². The lowest BCUT2D eigenvalue weighted by Gasteiger charge is -2.61. The first-order valence-corrected chi connectivity index (χ1v) is 12.9. The standard InChI is InChI=1S/C27H39N3O2/c1-28-16-10-21(11-17-28)20-24(31)29-18-12-23(13-19-29)30-25(22-8-4-2-5-9-22)27(26(30)32)14-6-3-7-15-27/h2,4-5,8-9,21,23,25H,3,6-7,10-20H2,1H3. The SMILES string of the molecule is CN1CCC(CC(=O)N2CCC(N3C(=O)C4(CCCCC4)C3c3ccccc3)CC2)CC1. The Kier molecular flexibility index (Phi) is 6.28. The number of likely N-dealkylation sites (tertiary alicyclic amines) is 3. The second-order valence-electron chi connectivity index (χ2n) is 10.8. The van der Waals surface area contributed by atoms with Crippen LogP contribution in [0.15, 0.2) is 30.3 Å². The minimum Gasteiger partial charge on any atom is -0.343 e. The van der Waals surface area contributed by atoms with Gasteiger partial charge in [0.25, 0.3) is 0 Å². The van der Waals surface area contributed by atoms with Crippen molar-refractivity contribution in [3.8, 4) is 0 Å². The van der Waals surface area contributed by atoms with E-state index in [1.165, 1.54) is 24.8 Å². The third-order valence-corrected chi connectivity index (χ3v) is 8.84. The molecule has 174 valence electrons. The van der Waals surface area contributed by atoms with Crippen LogP contribution in [0.5, 0.6) is 0 Å². The molecule has 2 amide bonds. The molecule has 5 nitrogen and oxygen atoms in total. The van der Waals surface area contributed by atoms with Crippen LogP contribution in [0.4, 0.5) is 0 Å². The van der Waals surface area contributed by atoms with Gasteiger partial charge in [-0.1, -0.05) is 49.6 Å². The van der Waals surface area contributed by atoms with Gasteiger partial charge in [-0.25, -0.2) is 0 Å². The Balaban J connectivity index is 1.22. The average molecular weight is 438 g/mol. The Morgan fingerprint density at radius 1 is 0.938 bits per heavy atom. The number of carbonyl (C=O) groups excluding carboxylic acids is 2. The number of rotatable bonds is 4. The number of hydrogen-bond donors (Lipinski definition) is 0. The Hall–Kier alpha value is -1.88. The fourth-order valence-electron chi connectivity index (χ4n) is 6.89. The van der Waals surface area contributed by atoms with Crippen LogP contribution in [0.3, 0.4) is 0 Å². The van der Waals surface area contributed by atoms with Gasteiger partial charge in [0.2, 0.25) is 11.8 Å². The summed E-state index contributed by atoms with van der Waals surface area (Å²) >= 11 is 0. The van der Waals surface area contributed by atoms with E-state index >= 15 is 0 Å². The predicted molar refractivity (Wildman–Crippen MR) is 126 cm³/mol. The first kappa shape index (κ1) is 21.9. The van der Waals surface area contributed by atoms with Gasteiger partial charge in [-0.15, -0.1) is 0 Å². The maximum atomic E-state index is 13.6. The van der Waals surface area contributed by atoms with Crippen LogP contribution >= 0.6 is 0 Å². The molecule has 1 aromatic rings. The summed E-state index contributed by atoms with van der Waals surface area (Å²) in [5.74, 6) is 1.26. The molecule has 5 rings (SSSR count). The highest BCUT2D eigenvalue weighted by molar-refractivity contribution is 5.91. The quantitative estimate of drug-likeness (QED) is 0.662. The minimum atomic E-state index is -0.166. The first-order valence-electron chi connectivity index (χ1n) is 12.9. The minimum absolute atomic E-state index is 0.166. The summed E-state index contributed by atoms with van der Waals surface area (Å²) < 4.78 is 0. The van der Waals surface area contributed by atoms with Crippen LogP contribution in [0.1, 0.15) is 75.8 Å². The fraction of sp³-hybridized carbons (Fsp3) is 0.704. The molecule has 4 fully saturated rings. The zero-order valence-electron chi connectivity index (χ0n) is 19.7. The van der Waals surface area contributed by atoms with Crippen molar-refractivity contribution in [2.75, 3.05) is 33.2 Å². The fourth-order valence-corrected chi connectivity index (χ4v) is 6.89. The molecule has 32 heavy (non-hydrogen) atoms. The normalized spacial score (nSPS) is 27.5. The molecule has 0 N–H and O–H groups in total. The highest BCUT2D eigenvalue weighted by Gasteiger charge is 2.62. The van der Waals surface area contributed by atoms with Gasteiger partial charge in [0.05, 0.1) is 11.5 Å². The summed E-state index contributed by atoms with van der Waals surface area (Å²) in [5, 5.41) is 0. The number of amides is 2. The Morgan fingerprint density at radius 2 is 1.59 bits per heavy atom. The van der Waals surface area contributed by atoms with Gasteiger partial charge in [0.15, 0.2) is 0 Å². The number of β-lactam (4-membered cyclic amide) rings is 1. The second-order valence-corrected chi connectivity index (χ2v) is 10.8. The molecule has 0 aromatic heterocycles. The van der Waals surface area contributed by atoms with Crippen LogP contribution in [0.25, 0.3) is 0 Å². The van der Waals surface area contributed by atoms with E-state index in [9.17, 15) is 9.59 Å². The number of nitrogens with zero attached hydrogens (tertiary/aromatic N) is 3.